The zero-order chi connectivity index (χ0) is 14.5. The second kappa shape index (κ2) is 6.67. The zero-order valence-corrected chi connectivity index (χ0v) is 12.1. The lowest BCUT2D eigenvalue weighted by Gasteiger charge is -2.33. The van der Waals surface area contributed by atoms with Gasteiger partial charge in [-0.3, -0.25) is 9.59 Å². The van der Waals surface area contributed by atoms with Gasteiger partial charge in [0.25, 0.3) is 0 Å². The minimum Gasteiger partial charge on any atom is -0.332 e. The van der Waals surface area contributed by atoms with Gasteiger partial charge >= 0.3 is 11.8 Å². The molecule has 20 heavy (non-hydrogen) atoms. The summed E-state index contributed by atoms with van der Waals surface area (Å²) in [6, 6.07) is 3.25. The number of amides is 2. The number of halogens is 1. The van der Waals surface area contributed by atoms with Gasteiger partial charge in [0.05, 0.1) is 5.69 Å². The summed E-state index contributed by atoms with van der Waals surface area (Å²) in [5.74, 6) is -1.20. The Morgan fingerprint density at radius 2 is 2.05 bits per heavy atom. The molecule has 0 atom stereocenters. The van der Waals surface area contributed by atoms with Gasteiger partial charge in [0, 0.05) is 32.4 Å². The third-order valence-corrected chi connectivity index (χ3v) is 3.61. The molecule has 6 nitrogen and oxygen atoms in total. The van der Waals surface area contributed by atoms with Gasteiger partial charge in [-0.05, 0) is 18.7 Å². The fourth-order valence-electron chi connectivity index (χ4n) is 2.07. The van der Waals surface area contributed by atoms with Crippen LogP contribution in [0, 0.1) is 0 Å². The Labute approximate surface area is 122 Å². The number of piperazine rings is 1. The van der Waals surface area contributed by atoms with Crippen molar-refractivity contribution >= 4 is 29.1 Å². The maximum atomic E-state index is 12.0. The first-order valence-electron chi connectivity index (χ1n) is 6.55. The number of carbonyl (C=O) groups excluding carboxylic acids is 2. The summed E-state index contributed by atoms with van der Waals surface area (Å²) >= 11 is 5.84. The van der Waals surface area contributed by atoms with E-state index in [1.54, 1.807) is 17.0 Å². The van der Waals surface area contributed by atoms with Gasteiger partial charge in [-0.1, -0.05) is 18.5 Å². The van der Waals surface area contributed by atoms with Crippen LogP contribution in [0.3, 0.4) is 0 Å². The summed E-state index contributed by atoms with van der Waals surface area (Å²) < 4.78 is 0. The minimum absolute atomic E-state index is 0.171. The number of hydrogen-bond acceptors (Lipinski definition) is 4. The van der Waals surface area contributed by atoms with Crippen molar-refractivity contribution in [3.05, 3.63) is 23.5 Å². The Kier molecular flexibility index (Phi) is 4.92. The second-order valence-electron chi connectivity index (χ2n) is 4.52. The van der Waals surface area contributed by atoms with Gasteiger partial charge in [0.15, 0.2) is 5.15 Å². The van der Waals surface area contributed by atoms with Crippen molar-refractivity contribution in [2.75, 3.05) is 38.0 Å². The van der Waals surface area contributed by atoms with Crippen LogP contribution in [0.15, 0.2) is 18.3 Å². The first-order chi connectivity index (χ1) is 9.61. The summed E-state index contributed by atoms with van der Waals surface area (Å²) in [6.07, 6.45) is 1.52. The van der Waals surface area contributed by atoms with E-state index in [9.17, 15) is 9.59 Å². The minimum atomic E-state index is -0.676. The molecule has 1 aromatic rings. The van der Waals surface area contributed by atoms with Gasteiger partial charge in [-0.15, -0.1) is 0 Å². The Balaban J connectivity index is 1.93. The molecule has 0 aromatic carbocycles. The fraction of sp³-hybridized carbons (Fsp3) is 0.462. The Morgan fingerprint density at radius 1 is 1.35 bits per heavy atom. The highest BCUT2D eigenvalue weighted by Crippen LogP contribution is 2.17. The third kappa shape index (κ3) is 3.46. The fourth-order valence-corrected chi connectivity index (χ4v) is 2.23. The summed E-state index contributed by atoms with van der Waals surface area (Å²) in [4.78, 5) is 31.6. The number of anilines is 1. The standard InChI is InChI=1S/C13H17ClN4O2/c1-2-17-6-8-18(9-7-17)13(20)12(19)16-10-4-3-5-15-11(10)14/h3-5H,2,6-9H2,1H3,(H,16,19). The van der Waals surface area contributed by atoms with Gasteiger partial charge in [-0.25, -0.2) is 4.98 Å². The normalized spacial score (nSPS) is 16.0. The van der Waals surface area contributed by atoms with Crippen LogP contribution in [-0.2, 0) is 9.59 Å². The number of likely N-dealkylation sites (N-methyl/N-ethyl adjacent to an activating group) is 1. The smallest absolute Gasteiger partial charge is 0.313 e. The van der Waals surface area contributed by atoms with Crippen molar-refractivity contribution < 1.29 is 9.59 Å². The molecule has 0 spiro atoms. The topological polar surface area (TPSA) is 65.5 Å². The largest absolute Gasteiger partial charge is 0.332 e. The zero-order valence-electron chi connectivity index (χ0n) is 11.3. The average Bonchev–Trinajstić information content (AvgIpc) is 2.49. The number of rotatable bonds is 2. The van der Waals surface area contributed by atoms with E-state index < -0.39 is 11.8 Å². The second-order valence-corrected chi connectivity index (χ2v) is 4.88. The van der Waals surface area contributed by atoms with Crippen molar-refractivity contribution in [1.82, 2.24) is 14.8 Å². The molecule has 1 aromatic heterocycles. The van der Waals surface area contributed by atoms with E-state index >= 15 is 0 Å². The monoisotopic (exact) mass is 296 g/mol. The summed E-state index contributed by atoms with van der Waals surface area (Å²) in [5.41, 5.74) is 0.347. The molecular weight excluding hydrogens is 280 g/mol. The maximum Gasteiger partial charge on any atom is 0.313 e. The molecule has 1 aliphatic rings. The van der Waals surface area contributed by atoms with Crippen molar-refractivity contribution in [1.29, 1.82) is 0 Å². The number of aromatic nitrogens is 1. The lowest BCUT2D eigenvalue weighted by atomic mass is 10.3. The van der Waals surface area contributed by atoms with Crippen LogP contribution >= 0.6 is 11.6 Å². The van der Waals surface area contributed by atoms with Crippen LogP contribution in [0.25, 0.3) is 0 Å². The highest BCUT2D eigenvalue weighted by molar-refractivity contribution is 6.41. The molecule has 0 radical (unpaired) electrons. The predicted molar refractivity (Wildman–Crippen MR) is 76.6 cm³/mol. The van der Waals surface area contributed by atoms with E-state index in [0.717, 1.165) is 19.6 Å². The Bertz CT molecular complexity index is 501. The highest BCUT2D eigenvalue weighted by Gasteiger charge is 2.25. The molecule has 0 saturated carbocycles. The van der Waals surface area contributed by atoms with E-state index in [1.165, 1.54) is 6.20 Å². The lowest BCUT2D eigenvalue weighted by molar-refractivity contribution is -0.144. The van der Waals surface area contributed by atoms with Crippen molar-refractivity contribution in [2.45, 2.75) is 6.92 Å². The van der Waals surface area contributed by atoms with Crippen molar-refractivity contribution in [3.8, 4) is 0 Å². The van der Waals surface area contributed by atoms with Crippen LogP contribution < -0.4 is 5.32 Å². The third-order valence-electron chi connectivity index (χ3n) is 3.31. The number of hydrogen-bond donors (Lipinski definition) is 1. The molecule has 1 N–H and O–H groups in total. The average molecular weight is 297 g/mol. The summed E-state index contributed by atoms with van der Waals surface area (Å²) in [5, 5.41) is 2.67. The van der Waals surface area contributed by atoms with Gasteiger partial charge in [0.2, 0.25) is 0 Å². The van der Waals surface area contributed by atoms with E-state index in [-0.39, 0.29) is 5.15 Å². The van der Waals surface area contributed by atoms with E-state index in [0.29, 0.717) is 18.8 Å². The van der Waals surface area contributed by atoms with E-state index in [2.05, 4.69) is 22.1 Å². The molecule has 108 valence electrons. The highest BCUT2D eigenvalue weighted by atomic mass is 35.5. The maximum absolute atomic E-state index is 12.0. The van der Waals surface area contributed by atoms with E-state index in [1.807, 2.05) is 0 Å². The summed E-state index contributed by atoms with van der Waals surface area (Å²) in [7, 11) is 0. The molecule has 0 bridgehead atoms. The molecule has 2 rings (SSSR count). The van der Waals surface area contributed by atoms with Crippen LogP contribution in [0.2, 0.25) is 5.15 Å². The van der Waals surface area contributed by atoms with Crippen LogP contribution in [0.1, 0.15) is 6.92 Å². The molecule has 7 heteroatoms. The lowest BCUT2D eigenvalue weighted by Crippen LogP contribution is -2.51. The predicted octanol–water partition coefficient (Wildman–Crippen LogP) is 0.838. The van der Waals surface area contributed by atoms with Gasteiger partial charge in [-0.2, -0.15) is 0 Å². The quantitative estimate of drug-likeness (QED) is 0.649. The SMILES string of the molecule is CCN1CCN(C(=O)C(=O)Nc2cccnc2Cl)CC1. The van der Waals surface area contributed by atoms with Gasteiger partial charge in [0.1, 0.15) is 0 Å². The van der Waals surface area contributed by atoms with Crippen LogP contribution in [0.5, 0.6) is 0 Å². The van der Waals surface area contributed by atoms with Crippen LogP contribution in [-0.4, -0.2) is 59.3 Å². The molecule has 1 aliphatic heterocycles. The summed E-state index contributed by atoms with van der Waals surface area (Å²) in [6.45, 7) is 5.77. The number of nitrogens with one attached hydrogen (secondary N) is 1. The van der Waals surface area contributed by atoms with Crippen LogP contribution in [0.4, 0.5) is 5.69 Å². The first kappa shape index (κ1) is 14.7. The Hall–Kier alpha value is -1.66. The first-order valence-corrected chi connectivity index (χ1v) is 6.92. The number of pyridine rings is 1. The number of carbonyl (C=O) groups is 2. The van der Waals surface area contributed by atoms with Crippen molar-refractivity contribution in [2.24, 2.45) is 0 Å². The van der Waals surface area contributed by atoms with E-state index in [4.69, 9.17) is 11.6 Å². The molecule has 0 unspecified atom stereocenters. The van der Waals surface area contributed by atoms with Gasteiger partial charge < -0.3 is 15.1 Å². The van der Waals surface area contributed by atoms with Crippen molar-refractivity contribution in [3.63, 3.8) is 0 Å². The molecule has 2 heterocycles. The molecular formula is C13H17ClN4O2. The number of nitrogens with zero attached hydrogens (tertiary/aromatic N) is 3. The molecule has 2 amide bonds. The molecule has 1 saturated heterocycles. The molecule has 1 fully saturated rings. The Morgan fingerprint density at radius 3 is 2.65 bits per heavy atom. The molecule has 0 aliphatic carbocycles.